The highest BCUT2D eigenvalue weighted by molar-refractivity contribution is 5.44. The van der Waals surface area contributed by atoms with Gasteiger partial charge in [0.25, 0.3) is 0 Å². The van der Waals surface area contributed by atoms with Crippen LogP contribution in [0.15, 0.2) is 0 Å². The lowest BCUT2D eigenvalue weighted by Crippen LogP contribution is -2.06. The lowest BCUT2D eigenvalue weighted by atomic mass is 10.2. The molecule has 3 rings (SSSR count). The van der Waals surface area contributed by atoms with Crippen LogP contribution in [0.2, 0.25) is 0 Å². The second-order valence-corrected chi connectivity index (χ2v) is 5.27. The number of aromatic nitrogens is 2. The van der Waals surface area contributed by atoms with E-state index in [-0.39, 0.29) is 0 Å². The molecule has 15 heavy (non-hydrogen) atoms. The van der Waals surface area contributed by atoms with Crippen LogP contribution in [0.4, 0.5) is 5.82 Å². The molecule has 0 radical (unpaired) electrons. The molecule has 82 valence electrons. The third-order valence-electron chi connectivity index (χ3n) is 3.40. The van der Waals surface area contributed by atoms with Gasteiger partial charge in [-0.1, -0.05) is 13.8 Å². The summed E-state index contributed by atoms with van der Waals surface area (Å²) in [5.74, 6) is 3.32. The van der Waals surface area contributed by atoms with Gasteiger partial charge in [-0.3, -0.25) is 0 Å². The number of hydrogen-bond acceptors (Lipinski definition) is 2. The highest BCUT2D eigenvalue weighted by Crippen LogP contribution is 2.46. The highest BCUT2D eigenvalue weighted by Gasteiger charge is 2.35. The first-order valence-electron chi connectivity index (χ1n) is 6.06. The Labute approximate surface area is 90.7 Å². The molecule has 3 nitrogen and oxygen atoms in total. The summed E-state index contributed by atoms with van der Waals surface area (Å²) in [4.78, 5) is 4.77. The molecule has 1 aromatic rings. The zero-order valence-corrected chi connectivity index (χ0v) is 9.53. The highest BCUT2D eigenvalue weighted by atomic mass is 15.2. The Balaban J connectivity index is 2.07. The van der Waals surface area contributed by atoms with Crippen molar-refractivity contribution in [3.8, 4) is 0 Å². The van der Waals surface area contributed by atoms with E-state index in [2.05, 4.69) is 18.4 Å². The fourth-order valence-electron chi connectivity index (χ4n) is 2.26. The number of imidazole rings is 1. The Kier molecular flexibility index (Phi) is 1.85. The van der Waals surface area contributed by atoms with Crippen LogP contribution in [0, 0.1) is 0 Å². The fraction of sp³-hybridized carbons (Fsp3) is 0.750. The van der Waals surface area contributed by atoms with Crippen LogP contribution < -0.4 is 5.73 Å². The van der Waals surface area contributed by atoms with Crippen molar-refractivity contribution in [2.75, 3.05) is 5.73 Å². The first kappa shape index (κ1) is 9.25. The predicted molar refractivity (Wildman–Crippen MR) is 61.0 cm³/mol. The van der Waals surface area contributed by atoms with Crippen molar-refractivity contribution in [1.29, 1.82) is 0 Å². The Bertz CT molecular complexity index is 384. The van der Waals surface area contributed by atoms with Gasteiger partial charge in [-0.25, -0.2) is 4.98 Å². The predicted octanol–water partition coefficient (Wildman–Crippen LogP) is 2.80. The summed E-state index contributed by atoms with van der Waals surface area (Å²) in [6.07, 6.45) is 5.13. The molecule has 0 saturated heterocycles. The third kappa shape index (κ3) is 1.45. The molecule has 2 saturated carbocycles. The SMILES string of the molecule is CC(C)c1nc(C2CC2)c(N)n1C1CC1. The van der Waals surface area contributed by atoms with E-state index in [4.69, 9.17) is 10.7 Å². The zero-order valence-electron chi connectivity index (χ0n) is 9.53. The average Bonchev–Trinajstić information content (AvgIpc) is 3.06. The van der Waals surface area contributed by atoms with Crippen LogP contribution in [-0.4, -0.2) is 9.55 Å². The second-order valence-electron chi connectivity index (χ2n) is 5.27. The Morgan fingerprint density at radius 2 is 1.93 bits per heavy atom. The van der Waals surface area contributed by atoms with E-state index in [0.29, 0.717) is 17.9 Å². The van der Waals surface area contributed by atoms with Gasteiger partial charge in [0.1, 0.15) is 11.6 Å². The summed E-state index contributed by atoms with van der Waals surface area (Å²) < 4.78 is 2.30. The maximum Gasteiger partial charge on any atom is 0.127 e. The van der Waals surface area contributed by atoms with Crippen LogP contribution in [0.1, 0.15) is 68.9 Å². The minimum atomic E-state index is 0.486. The van der Waals surface area contributed by atoms with Gasteiger partial charge in [0, 0.05) is 17.9 Å². The molecule has 0 bridgehead atoms. The lowest BCUT2D eigenvalue weighted by Gasteiger charge is -2.10. The van der Waals surface area contributed by atoms with Gasteiger partial charge < -0.3 is 10.3 Å². The number of rotatable bonds is 3. The minimum Gasteiger partial charge on any atom is -0.384 e. The van der Waals surface area contributed by atoms with Crippen LogP contribution in [0.5, 0.6) is 0 Å². The lowest BCUT2D eigenvalue weighted by molar-refractivity contribution is 0.646. The molecule has 1 heterocycles. The molecule has 3 heteroatoms. The molecule has 0 aliphatic heterocycles. The van der Waals surface area contributed by atoms with Gasteiger partial charge in [0.15, 0.2) is 0 Å². The van der Waals surface area contributed by atoms with Crippen LogP contribution in [0.3, 0.4) is 0 Å². The Morgan fingerprint density at radius 3 is 2.40 bits per heavy atom. The first-order valence-corrected chi connectivity index (χ1v) is 6.06. The zero-order chi connectivity index (χ0) is 10.6. The molecule has 1 aromatic heterocycles. The summed E-state index contributed by atoms with van der Waals surface area (Å²) >= 11 is 0. The van der Waals surface area contributed by atoms with E-state index >= 15 is 0 Å². The molecule has 0 atom stereocenters. The summed E-state index contributed by atoms with van der Waals surface area (Å²) in [6, 6.07) is 0.655. The maximum atomic E-state index is 6.22. The van der Waals surface area contributed by atoms with Crippen molar-refractivity contribution >= 4 is 5.82 Å². The smallest absolute Gasteiger partial charge is 0.127 e. The summed E-state index contributed by atoms with van der Waals surface area (Å²) in [5.41, 5.74) is 7.41. The van der Waals surface area contributed by atoms with E-state index in [1.807, 2.05) is 0 Å². The van der Waals surface area contributed by atoms with E-state index in [9.17, 15) is 0 Å². The van der Waals surface area contributed by atoms with E-state index in [1.165, 1.54) is 37.2 Å². The molecule has 0 aromatic carbocycles. The van der Waals surface area contributed by atoms with Gasteiger partial charge in [0.05, 0.1) is 5.69 Å². The normalized spacial score (nSPS) is 21.3. The minimum absolute atomic E-state index is 0.486. The molecule has 2 aliphatic carbocycles. The molecule has 2 fully saturated rings. The monoisotopic (exact) mass is 205 g/mol. The van der Waals surface area contributed by atoms with Crippen molar-refractivity contribution in [3.63, 3.8) is 0 Å². The Morgan fingerprint density at radius 1 is 1.27 bits per heavy atom. The molecular formula is C12H19N3. The standard InChI is InChI=1S/C12H19N3/c1-7(2)12-14-10(8-3-4-8)11(13)15(12)9-5-6-9/h7-9H,3-6,13H2,1-2H3. The summed E-state index contributed by atoms with van der Waals surface area (Å²) in [6.45, 7) is 4.41. The van der Waals surface area contributed by atoms with Gasteiger partial charge >= 0.3 is 0 Å². The van der Waals surface area contributed by atoms with E-state index in [1.54, 1.807) is 0 Å². The molecule has 0 spiro atoms. The van der Waals surface area contributed by atoms with Gasteiger partial charge in [-0.15, -0.1) is 0 Å². The average molecular weight is 205 g/mol. The van der Waals surface area contributed by atoms with E-state index in [0.717, 1.165) is 5.82 Å². The molecule has 0 amide bonds. The largest absolute Gasteiger partial charge is 0.384 e. The second kappa shape index (κ2) is 3.00. The molecular weight excluding hydrogens is 186 g/mol. The Hall–Kier alpha value is -0.990. The van der Waals surface area contributed by atoms with Crippen LogP contribution in [-0.2, 0) is 0 Å². The number of anilines is 1. The van der Waals surface area contributed by atoms with Crippen molar-refractivity contribution in [1.82, 2.24) is 9.55 Å². The number of nitrogen functional groups attached to an aromatic ring is 1. The number of nitrogens with two attached hydrogens (primary N) is 1. The topological polar surface area (TPSA) is 43.8 Å². The van der Waals surface area contributed by atoms with Gasteiger partial charge in [0.2, 0.25) is 0 Å². The summed E-state index contributed by atoms with van der Waals surface area (Å²) in [7, 11) is 0. The van der Waals surface area contributed by atoms with Crippen molar-refractivity contribution in [3.05, 3.63) is 11.5 Å². The van der Waals surface area contributed by atoms with Gasteiger partial charge in [-0.05, 0) is 25.7 Å². The van der Waals surface area contributed by atoms with Crippen LogP contribution >= 0.6 is 0 Å². The maximum absolute atomic E-state index is 6.22. The fourth-order valence-corrected chi connectivity index (χ4v) is 2.26. The molecule has 2 aliphatic rings. The van der Waals surface area contributed by atoms with Crippen molar-refractivity contribution in [2.45, 2.75) is 57.4 Å². The van der Waals surface area contributed by atoms with Crippen LogP contribution in [0.25, 0.3) is 0 Å². The number of hydrogen-bond donors (Lipinski definition) is 1. The first-order chi connectivity index (χ1) is 7.18. The number of nitrogens with zero attached hydrogens (tertiary/aromatic N) is 2. The van der Waals surface area contributed by atoms with Crippen molar-refractivity contribution < 1.29 is 0 Å². The molecule has 2 N–H and O–H groups in total. The quantitative estimate of drug-likeness (QED) is 0.824. The molecule has 0 unspecified atom stereocenters. The van der Waals surface area contributed by atoms with E-state index < -0.39 is 0 Å². The third-order valence-corrected chi connectivity index (χ3v) is 3.40. The summed E-state index contributed by atoms with van der Waals surface area (Å²) in [5, 5.41) is 0. The van der Waals surface area contributed by atoms with Crippen molar-refractivity contribution in [2.24, 2.45) is 0 Å². The van der Waals surface area contributed by atoms with Gasteiger partial charge in [-0.2, -0.15) is 0 Å².